The Morgan fingerprint density at radius 1 is 1.53 bits per heavy atom. The van der Waals surface area contributed by atoms with Gasteiger partial charge in [-0.05, 0) is 26.3 Å². The zero-order valence-electron chi connectivity index (χ0n) is 11.2. The number of carbonyl (C=O) groups excluding carboxylic acids is 1. The minimum atomic E-state index is 0.0458. The van der Waals surface area contributed by atoms with Crippen LogP contribution in [0.4, 0.5) is 5.69 Å². The lowest BCUT2D eigenvalue weighted by molar-refractivity contribution is 0.0726. The summed E-state index contributed by atoms with van der Waals surface area (Å²) in [5.74, 6) is 0.0458. The minimum Gasteiger partial charge on any atom is -0.397 e. The highest BCUT2D eigenvalue weighted by atomic mass is 16.2. The lowest BCUT2D eigenvalue weighted by atomic mass is 10.1. The lowest BCUT2D eigenvalue weighted by Crippen LogP contribution is -2.36. The summed E-state index contributed by atoms with van der Waals surface area (Å²) >= 11 is 0. The van der Waals surface area contributed by atoms with E-state index in [1.54, 1.807) is 11.0 Å². The molecule has 0 saturated carbocycles. The Labute approximate surface area is 103 Å². The van der Waals surface area contributed by atoms with Gasteiger partial charge in [0.05, 0.1) is 5.69 Å². The molecular formula is C13H23N3O. The molecule has 1 rings (SSSR count). The van der Waals surface area contributed by atoms with Crippen molar-refractivity contribution in [3.8, 4) is 0 Å². The molecule has 2 N–H and O–H groups in total. The molecule has 17 heavy (non-hydrogen) atoms. The summed E-state index contributed by atoms with van der Waals surface area (Å²) in [6, 6.07) is 2.01. The molecular weight excluding hydrogens is 214 g/mol. The summed E-state index contributed by atoms with van der Waals surface area (Å²) in [5, 5.41) is 0. The predicted octanol–water partition coefficient (Wildman–Crippen LogP) is 2.35. The number of aromatic nitrogens is 1. The number of nitrogens with two attached hydrogens (primary N) is 1. The number of hydrogen-bond acceptors (Lipinski definition) is 2. The predicted molar refractivity (Wildman–Crippen MR) is 71.0 cm³/mol. The number of anilines is 1. The number of nitrogen functional groups attached to an aromatic ring is 1. The summed E-state index contributed by atoms with van der Waals surface area (Å²) in [4.78, 5) is 14.1. The molecule has 0 radical (unpaired) electrons. The second-order valence-corrected chi connectivity index (χ2v) is 4.50. The van der Waals surface area contributed by atoms with Gasteiger partial charge in [0.15, 0.2) is 0 Å². The molecule has 1 aromatic rings. The Morgan fingerprint density at radius 3 is 2.71 bits per heavy atom. The second kappa shape index (κ2) is 5.75. The van der Waals surface area contributed by atoms with Gasteiger partial charge in [0, 0.05) is 25.8 Å². The smallest absolute Gasteiger partial charge is 0.270 e. The van der Waals surface area contributed by atoms with Crippen LogP contribution < -0.4 is 5.73 Å². The maximum Gasteiger partial charge on any atom is 0.270 e. The summed E-state index contributed by atoms with van der Waals surface area (Å²) < 4.78 is 1.90. The average molecular weight is 237 g/mol. The van der Waals surface area contributed by atoms with Crippen molar-refractivity contribution in [1.29, 1.82) is 0 Å². The summed E-state index contributed by atoms with van der Waals surface area (Å²) in [6.07, 6.45) is 3.91. The van der Waals surface area contributed by atoms with Gasteiger partial charge in [-0.15, -0.1) is 0 Å². The second-order valence-electron chi connectivity index (χ2n) is 4.50. The summed E-state index contributed by atoms with van der Waals surface area (Å²) in [6.45, 7) is 6.96. The Bertz CT molecular complexity index is 384. The first-order chi connectivity index (χ1) is 8.01. The highest BCUT2D eigenvalue weighted by Crippen LogP contribution is 2.15. The molecule has 4 heteroatoms. The Hall–Kier alpha value is -1.45. The number of aryl methyl sites for hydroxylation is 1. The fourth-order valence-electron chi connectivity index (χ4n) is 1.97. The van der Waals surface area contributed by atoms with Gasteiger partial charge < -0.3 is 15.2 Å². The van der Waals surface area contributed by atoms with Crippen molar-refractivity contribution < 1.29 is 4.79 Å². The molecule has 0 aromatic carbocycles. The molecule has 0 aliphatic carbocycles. The molecule has 0 aliphatic heterocycles. The average Bonchev–Trinajstić information content (AvgIpc) is 2.68. The van der Waals surface area contributed by atoms with Gasteiger partial charge >= 0.3 is 0 Å². The molecule has 1 atom stereocenters. The monoisotopic (exact) mass is 237 g/mol. The van der Waals surface area contributed by atoms with Gasteiger partial charge in [-0.3, -0.25) is 4.79 Å². The van der Waals surface area contributed by atoms with Crippen molar-refractivity contribution in [1.82, 2.24) is 9.47 Å². The standard InChI is InChI=1S/C13H23N3O/c1-5-7-10(3)15(4)13(17)12-8-11(14)9-16(12)6-2/h8-10H,5-7,14H2,1-4H3. The zero-order valence-corrected chi connectivity index (χ0v) is 11.2. The molecule has 96 valence electrons. The third-order valence-electron chi connectivity index (χ3n) is 3.17. The molecule has 4 nitrogen and oxygen atoms in total. The fraction of sp³-hybridized carbons (Fsp3) is 0.615. The van der Waals surface area contributed by atoms with Gasteiger partial charge in [-0.25, -0.2) is 0 Å². The number of hydrogen-bond donors (Lipinski definition) is 1. The number of nitrogens with zero attached hydrogens (tertiary/aromatic N) is 2. The topological polar surface area (TPSA) is 51.3 Å². The molecule has 0 saturated heterocycles. The van der Waals surface area contributed by atoms with E-state index in [1.165, 1.54) is 0 Å². The number of amides is 1. The van der Waals surface area contributed by atoms with Crippen LogP contribution in [0.15, 0.2) is 12.3 Å². The normalized spacial score (nSPS) is 12.5. The molecule has 1 unspecified atom stereocenters. The maximum atomic E-state index is 12.3. The third-order valence-corrected chi connectivity index (χ3v) is 3.17. The van der Waals surface area contributed by atoms with E-state index in [9.17, 15) is 4.79 Å². The highest BCUT2D eigenvalue weighted by Gasteiger charge is 2.20. The van der Waals surface area contributed by atoms with Crippen LogP contribution in [-0.2, 0) is 6.54 Å². The quantitative estimate of drug-likeness (QED) is 0.854. The number of rotatable bonds is 5. The Balaban J connectivity index is 2.87. The van der Waals surface area contributed by atoms with Crippen LogP contribution in [0.2, 0.25) is 0 Å². The Morgan fingerprint density at radius 2 is 2.18 bits per heavy atom. The Kier molecular flexibility index (Phi) is 4.61. The molecule has 1 aromatic heterocycles. The van der Waals surface area contributed by atoms with Crippen LogP contribution in [0.5, 0.6) is 0 Å². The van der Waals surface area contributed by atoms with Crippen molar-refractivity contribution in [2.45, 2.75) is 46.2 Å². The van der Waals surface area contributed by atoms with Crippen LogP contribution in [0.25, 0.3) is 0 Å². The van der Waals surface area contributed by atoms with Crippen molar-refractivity contribution in [3.63, 3.8) is 0 Å². The first-order valence-corrected chi connectivity index (χ1v) is 6.24. The number of carbonyl (C=O) groups is 1. The highest BCUT2D eigenvalue weighted by molar-refractivity contribution is 5.93. The van der Waals surface area contributed by atoms with Crippen LogP contribution in [-0.4, -0.2) is 28.5 Å². The summed E-state index contributed by atoms with van der Waals surface area (Å²) in [5.41, 5.74) is 7.06. The first-order valence-electron chi connectivity index (χ1n) is 6.24. The zero-order chi connectivity index (χ0) is 13.0. The molecule has 1 amide bonds. The van der Waals surface area contributed by atoms with Crippen molar-refractivity contribution >= 4 is 11.6 Å². The minimum absolute atomic E-state index is 0.0458. The van der Waals surface area contributed by atoms with E-state index in [2.05, 4.69) is 13.8 Å². The van der Waals surface area contributed by atoms with E-state index in [0.717, 1.165) is 19.4 Å². The molecule has 0 fully saturated rings. The third kappa shape index (κ3) is 3.02. The van der Waals surface area contributed by atoms with Gasteiger partial charge in [-0.2, -0.15) is 0 Å². The lowest BCUT2D eigenvalue weighted by Gasteiger charge is -2.25. The van der Waals surface area contributed by atoms with E-state index < -0.39 is 0 Å². The van der Waals surface area contributed by atoms with Gasteiger partial charge in [0.25, 0.3) is 5.91 Å². The van der Waals surface area contributed by atoms with E-state index >= 15 is 0 Å². The van der Waals surface area contributed by atoms with E-state index in [0.29, 0.717) is 11.4 Å². The summed E-state index contributed by atoms with van der Waals surface area (Å²) in [7, 11) is 1.85. The van der Waals surface area contributed by atoms with Gasteiger partial charge in [0.1, 0.15) is 5.69 Å². The van der Waals surface area contributed by atoms with Crippen LogP contribution in [0.1, 0.15) is 44.1 Å². The van der Waals surface area contributed by atoms with Crippen molar-refractivity contribution in [3.05, 3.63) is 18.0 Å². The van der Waals surface area contributed by atoms with Crippen LogP contribution in [0.3, 0.4) is 0 Å². The van der Waals surface area contributed by atoms with Gasteiger partial charge in [-0.1, -0.05) is 13.3 Å². The van der Waals surface area contributed by atoms with E-state index in [4.69, 9.17) is 5.73 Å². The maximum absolute atomic E-state index is 12.3. The van der Waals surface area contributed by atoms with Crippen molar-refractivity contribution in [2.75, 3.05) is 12.8 Å². The molecule has 0 spiro atoms. The SMILES string of the molecule is CCCC(C)N(C)C(=O)c1cc(N)cn1CC. The fourth-order valence-corrected chi connectivity index (χ4v) is 1.97. The van der Waals surface area contributed by atoms with E-state index in [1.807, 2.05) is 24.7 Å². The van der Waals surface area contributed by atoms with Crippen LogP contribution in [0, 0.1) is 0 Å². The van der Waals surface area contributed by atoms with Crippen LogP contribution >= 0.6 is 0 Å². The van der Waals surface area contributed by atoms with Crippen molar-refractivity contribution in [2.24, 2.45) is 0 Å². The van der Waals surface area contributed by atoms with Gasteiger partial charge in [0.2, 0.25) is 0 Å². The molecule has 1 heterocycles. The molecule has 0 aliphatic rings. The molecule has 0 bridgehead atoms. The van der Waals surface area contributed by atoms with E-state index in [-0.39, 0.29) is 11.9 Å². The largest absolute Gasteiger partial charge is 0.397 e. The first kappa shape index (κ1) is 13.6.